The van der Waals surface area contributed by atoms with Crippen LogP contribution in [0.4, 0.5) is 5.69 Å². The maximum Gasteiger partial charge on any atom is 0.0596 e. The van der Waals surface area contributed by atoms with E-state index in [0.29, 0.717) is 0 Å². The molecular formula is C12H15N3S. The van der Waals surface area contributed by atoms with Gasteiger partial charge in [0.05, 0.1) is 5.69 Å². The van der Waals surface area contributed by atoms with Gasteiger partial charge >= 0.3 is 0 Å². The molecule has 0 radical (unpaired) electrons. The van der Waals surface area contributed by atoms with Gasteiger partial charge in [0.25, 0.3) is 0 Å². The minimum absolute atomic E-state index is 0.839. The number of anilines is 1. The molecule has 3 nitrogen and oxygen atoms in total. The van der Waals surface area contributed by atoms with Crippen molar-refractivity contribution in [2.75, 3.05) is 5.73 Å². The number of thioether (sulfide) groups is 1. The normalized spacial score (nSPS) is 10.6. The Morgan fingerprint density at radius 3 is 2.75 bits per heavy atom. The highest BCUT2D eigenvalue weighted by atomic mass is 32.2. The van der Waals surface area contributed by atoms with Crippen LogP contribution in [0, 0.1) is 6.92 Å². The Morgan fingerprint density at radius 2 is 2.12 bits per heavy atom. The van der Waals surface area contributed by atoms with Gasteiger partial charge in [-0.2, -0.15) is 5.10 Å². The van der Waals surface area contributed by atoms with Gasteiger partial charge in [-0.15, -0.1) is 11.8 Å². The van der Waals surface area contributed by atoms with Crippen molar-refractivity contribution in [3.63, 3.8) is 0 Å². The zero-order valence-corrected chi connectivity index (χ0v) is 10.3. The number of benzene rings is 1. The van der Waals surface area contributed by atoms with E-state index in [-0.39, 0.29) is 0 Å². The maximum atomic E-state index is 5.88. The van der Waals surface area contributed by atoms with Gasteiger partial charge in [0, 0.05) is 29.1 Å². The van der Waals surface area contributed by atoms with Crippen molar-refractivity contribution in [2.24, 2.45) is 7.05 Å². The first-order chi connectivity index (χ1) is 7.66. The molecule has 0 saturated heterocycles. The van der Waals surface area contributed by atoms with Crippen molar-refractivity contribution in [1.82, 2.24) is 9.78 Å². The summed E-state index contributed by atoms with van der Waals surface area (Å²) in [6.45, 7) is 2.01. The molecule has 0 aliphatic carbocycles. The Kier molecular flexibility index (Phi) is 3.19. The number of aromatic nitrogens is 2. The van der Waals surface area contributed by atoms with Gasteiger partial charge in [-0.05, 0) is 25.1 Å². The van der Waals surface area contributed by atoms with Crippen molar-refractivity contribution >= 4 is 17.4 Å². The molecule has 0 bridgehead atoms. The van der Waals surface area contributed by atoms with Crippen LogP contribution in [0.25, 0.3) is 0 Å². The molecule has 84 valence electrons. The third kappa shape index (κ3) is 2.39. The smallest absolute Gasteiger partial charge is 0.0596 e. The van der Waals surface area contributed by atoms with Crippen molar-refractivity contribution in [2.45, 2.75) is 17.6 Å². The van der Waals surface area contributed by atoms with E-state index < -0.39 is 0 Å². The molecule has 0 spiro atoms. The number of hydrogen-bond donors (Lipinski definition) is 1. The Morgan fingerprint density at radius 1 is 1.38 bits per heavy atom. The standard InChI is InChI=1S/C12H15N3S/c1-9-7-10(15(2)14-9)8-16-12-6-4-3-5-11(12)13/h3-7H,8,13H2,1-2H3. The number of aryl methyl sites for hydroxylation is 2. The van der Waals surface area contributed by atoms with Crippen molar-refractivity contribution in [1.29, 1.82) is 0 Å². The number of nitrogen functional groups attached to an aromatic ring is 1. The number of para-hydroxylation sites is 1. The predicted molar refractivity (Wildman–Crippen MR) is 68.4 cm³/mol. The van der Waals surface area contributed by atoms with Gasteiger partial charge in [-0.25, -0.2) is 0 Å². The van der Waals surface area contributed by atoms with Crippen LogP contribution in [0.3, 0.4) is 0 Å². The van der Waals surface area contributed by atoms with Gasteiger partial charge in [0.2, 0.25) is 0 Å². The van der Waals surface area contributed by atoms with Crippen LogP contribution in [0.1, 0.15) is 11.4 Å². The maximum absolute atomic E-state index is 5.88. The second-order valence-corrected chi connectivity index (χ2v) is 4.74. The quantitative estimate of drug-likeness (QED) is 0.654. The molecule has 0 unspecified atom stereocenters. The van der Waals surface area contributed by atoms with Gasteiger partial charge < -0.3 is 5.73 Å². The van der Waals surface area contributed by atoms with Crippen LogP contribution in [-0.2, 0) is 12.8 Å². The van der Waals surface area contributed by atoms with E-state index in [9.17, 15) is 0 Å². The van der Waals surface area contributed by atoms with Crippen molar-refractivity contribution < 1.29 is 0 Å². The van der Waals surface area contributed by atoms with Gasteiger partial charge in [-0.1, -0.05) is 12.1 Å². The number of rotatable bonds is 3. The molecule has 0 fully saturated rings. The Hall–Kier alpha value is -1.42. The summed E-state index contributed by atoms with van der Waals surface area (Å²) in [6.07, 6.45) is 0. The van der Waals surface area contributed by atoms with Crippen LogP contribution in [-0.4, -0.2) is 9.78 Å². The van der Waals surface area contributed by atoms with E-state index in [1.165, 1.54) is 5.69 Å². The molecule has 1 aromatic heterocycles. The first kappa shape index (κ1) is 11.1. The van der Waals surface area contributed by atoms with Crippen LogP contribution in [0.15, 0.2) is 35.2 Å². The number of nitrogens with two attached hydrogens (primary N) is 1. The molecule has 2 rings (SSSR count). The number of nitrogens with zero attached hydrogens (tertiary/aromatic N) is 2. The minimum atomic E-state index is 0.839. The Bertz CT molecular complexity index is 491. The summed E-state index contributed by atoms with van der Waals surface area (Å²) in [7, 11) is 1.97. The van der Waals surface area contributed by atoms with Crippen LogP contribution < -0.4 is 5.73 Å². The Labute approximate surface area is 99.7 Å². The van der Waals surface area contributed by atoms with Crippen LogP contribution in [0.5, 0.6) is 0 Å². The lowest BCUT2D eigenvalue weighted by molar-refractivity contribution is 0.727. The first-order valence-corrected chi connectivity index (χ1v) is 6.12. The molecular weight excluding hydrogens is 218 g/mol. The second-order valence-electron chi connectivity index (χ2n) is 3.73. The summed E-state index contributed by atoms with van der Waals surface area (Å²) in [5, 5.41) is 4.32. The van der Waals surface area contributed by atoms with Gasteiger partial charge in [0.15, 0.2) is 0 Å². The van der Waals surface area contributed by atoms with Gasteiger partial charge in [0.1, 0.15) is 0 Å². The highest BCUT2D eigenvalue weighted by Crippen LogP contribution is 2.27. The van der Waals surface area contributed by atoms with E-state index in [4.69, 9.17) is 5.73 Å². The van der Waals surface area contributed by atoms with Gasteiger partial charge in [-0.3, -0.25) is 4.68 Å². The third-order valence-corrected chi connectivity index (χ3v) is 3.52. The molecule has 1 aromatic carbocycles. The summed E-state index contributed by atoms with van der Waals surface area (Å²) < 4.78 is 1.92. The highest BCUT2D eigenvalue weighted by Gasteiger charge is 2.04. The van der Waals surface area contributed by atoms with Crippen molar-refractivity contribution in [3.8, 4) is 0 Å². The van der Waals surface area contributed by atoms with E-state index in [2.05, 4.69) is 11.2 Å². The fourth-order valence-electron chi connectivity index (χ4n) is 1.56. The highest BCUT2D eigenvalue weighted by molar-refractivity contribution is 7.98. The molecule has 16 heavy (non-hydrogen) atoms. The summed E-state index contributed by atoms with van der Waals surface area (Å²) in [5.41, 5.74) is 8.99. The van der Waals surface area contributed by atoms with E-state index in [1.807, 2.05) is 42.9 Å². The fraction of sp³-hybridized carbons (Fsp3) is 0.250. The predicted octanol–water partition coefficient (Wildman–Crippen LogP) is 2.60. The first-order valence-electron chi connectivity index (χ1n) is 5.13. The SMILES string of the molecule is Cc1cc(CSc2ccccc2N)n(C)n1. The Balaban J connectivity index is 2.08. The molecule has 0 saturated carbocycles. The van der Waals surface area contributed by atoms with Crippen LogP contribution >= 0.6 is 11.8 Å². The lowest BCUT2D eigenvalue weighted by Crippen LogP contribution is -1.96. The summed E-state index contributed by atoms with van der Waals surface area (Å²) >= 11 is 1.74. The molecule has 4 heteroatoms. The lowest BCUT2D eigenvalue weighted by atomic mass is 10.3. The molecule has 2 aromatic rings. The van der Waals surface area contributed by atoms with E-state index >= 15 is 0 Å². The zero-order valence-electron chi connectivity index (χ0n) is 9.47. The minimum Gasteiger partial charge on any atom is -0.398 e. The van der Waals surface area contributed by atoms with E-state index in [0.717, 1.165) is 22.0 Å². The van der Waals surface area contributed by atoms with E-state index in [1.54, 1.807) is 11.8 Å². The second kappa shape index (κ2) is 4.61. The fourth-order valence-corrected chi connectivity index (χ4v) is 2.55. The molecule has 0 aliphatic rings. The molecule has 0 amide bonds. The lowest BCUT2D eigenvalue weighted by Gasteiger charge is -2.04. The van der Waals surface area contributed by atoms with Crippen LogP contribution in [0.2, 0.25) is 0 Å². The molecule has 2 N–H and O–H groups in total. The largest absolute Gasteiger partial charge is 0.398 e. The molecule has 1 heterocycles. The third-order valence-electron chi connectivity index (χ3n) is 2.39. The summed E-state index contributed by atoms with van der Waals surface area (Å²) in [5.74, 6) is 0.894. The molecule has 0 atom stereocenters. The average Bonchev–Trinajstić information content (AvgIpc) is 2.56. The average molecular weight is 233 g/mol. The summed E-state index contributed by atoms with van der Waals surface area (Å²) in [4.78, 5) is 1.13. The zero-order chi connectivity index (χ0) is 11.5. The van der Waals surface area contributed by atoms with Crippen molar-refractivity contribution in [3.05, 3.63) is 41.7 Å². The summed E-state index contributed by atoms with van der Waals surface area (Å²) in [6, 6.07) is 10.0. The number of hydrogen-bond acceptors (Lipinski definition) is 3. The monoisotopic (exact) mass is 233 g/mol. The topological polar surface area (TPSA) is 43.8 Å². The molecule has 0 aliphatic heterocycles.